The van der Waals surface area contributed by atoms with Gasteiger partial charge in [0.2, 0.25) is 0 Å². The zero-order chi connectivity index (χ0) is 15.2. The van der Waals surface area contributed by atoms with Gasteiger partial charge in [-0.1, -0.05) is 32.6 Å². The van der Waals surface area contributed by atoms with E-state index in [1.807, 2.05) is 13.1 Å². The fraction of sp³-hybridized carbons (Fsp3) is 0.529. The van der Waals surface area contributed by atoms with E-state index in [1.54, 1.807) is 6.07 Å². The zero-order valence-electron chi connectivity index (χ0n) is 12.8. The minimum Gasteiger partial charge on any atom is -0.395 e. The molecule has 0 bridgehead atoms. The summed E-state index contributed by atoms with van der Waals surface area (Å²) < 4.78 is 13.6. The van der Waals surface area contributed by atoms with Gasteiger partial charge in [-0.2, -0.15) is 0 Å². The number of halogens is 1. The SMILES string of the molecule is CN(Cc1cc(F)cc(C#CCCO)c1)CC(C)(C)C. The molecule has 0 amide bonds. The second kappa shape index (κ2) is 7.42. The Bertz CT molecular complexity index is 494. The van der Waals surface area contributed by atoms with E-state index >= 15 is 0 Å². The maximum absolute atomic E-state index is 13.6. The van der Waals surface area contributed by atoms with Crippen LogP contribution in [0.1, 0.15) is 38.3 Å². The van der Waals surface area contributed by atoms with Crippen LogP contribution in [-0.4, -0.2) is 30.2 Å². The molecule has 0 aromatic heterocycles. The number of hydrogen-bond donors (Lipinski definition) is 1. The van der Waals surface area contributed by atoms with Crippen molar-refractivity contribution >= 4 is 0 Å². The Morgan fingerprint density at radius 2 is 1.95 bits per heavy atom. The lowest BCUT2D eigenvalue weighted by Crippen LogP contribution is -2.28. The maximum atomic E-state index is 13.6. The van der Waals surface area contributed by atoms with E-state index in [2.05, 4.69) is 37.5 Å². The van der Waals surface area contributed by atoms with E-state index in [4.69, 9.17) is 5.11 Å². The molecule has 0 aliphatic rings. The van der Waals surface area contributed by atoms with Crippen molar-refractivity contribution in [3.05, 3.63) is 35.1 Å². The summed E-state index contributed by atoms with van der Waals surface area (Å²) in [6, 6.07) is 4.89. The smallest absolute Gasteiger partial charge is 0.124 e. The van der Waals surface area contributed by atoms with E-state index in [1.165, 1.54) is 6.07 Å². The first-order valence-corrected chi connectivity index (χ1v) is 6.88. The lowest BCUT2D eigenvalue weighted by Gasteiger charge is -2.26. The molecule has 0 radical (unpaired) electrons. The van der Waals surface area contributed by atoms with Gasteiger partial charge in [-0.15, -0.1) is 0 Å². The summed E-state index contributed by atoms with van der Waals surface area (Å²) in [5.41, 5.74) is 1.80. The molecule has 1 N–H and O–H groups in total. The number of rotatable bonds is 4. The van der Waals surface area contributed by atoms with Crippen LogP contribution in [0.4, 0.5) is 4.39 Å². The van der Waals surface area contributed by atoms with Gasteiger partial charge in [0, 0.05) is 25.1 Å². The van der Waals surface area contributed by atoms with Crippen molar-refractivity contribution in [2.75, 3.05) is 20.2 Å². The molecule has 0 spiro atoms. The molecule has 1 rings (SSSR count). The molecule has 1 aromatic carbocycles. The molecule has 20 heavy (non-hydrogen) atoms. The molecule has 0 aliphatic carbocycles. The summed E-state index contributed by atoms with van der Waals surface area (Å²) in [5.74, 6) is 5.43. The molecule has 3 heteroatoms. The molecule has 0 atom stereocenters. The van der Waals surface area contributed by atoms with Gasteiger partial charge < -0.3 is 10.0 Å². The standard InChI is InChI=1S/C17H24FNO/c1-17(2,3)13-19(4)12-15-9-14(7-5-6-8-20)10-16(18)11-15/h9-11,20H,6,8,12-13H2,1-4H3. The van der Waals surface area contributed by atoms with Crippen molar-refractivity contribution in [3.63, 3.8) is 0 Å². The van der Waals surface area contributed by atoms with E-state index in [9.17, 15) is 4.39 Å². The topological polar surface area (TPSA) is 23.5 Å². The van der Waals surface area contributed by atoms with Crippen LogP contribution >= 0.6 is 0 Å². The van der Waals surface area contributed by atoms with Gasteiger partial charge in [0.25, 0.3) is 0 Å². The van der Waals surface area contributed by atoms with Gasteiger partial charge >= 0.3 is 0 Å². The third kappa shape index (κ3) is 6.70. The van der Waals surface area contributed by atoms with Crippen LogP contribution in [-0.2, 0) is 6.54 Å². The molecule has 110 valence electrons. The predicted octanol–water partition coefficient (Wildman–Crippen LogP) is 3.04. The van der Waals surface area contributed by atoms with Gasteiger partial charge in [0.1, 0.15) is 5.82 Å². The van der Waals surface area contributed by atoms with Gasteiger partial charge in [0.05, 0.1) is 6.61 Å². The third-order valence-electron chi connectivity index (χ3n) is 2.62. The largest absolute Gasteiger partial charge is 0.395 e. The maximum Gasteiger partial charge on any atom is 0.124 e. The summed E-state index contributed by atoms with van der Waals surface area (Å²) in [4.78, 5) is 2.18. The van der Waals surface area contributed by atoms with Crippen molar-refractivity contribution in [1.82, 2.24) is 4.90 Å². The normalized spacial score (nSPS) is 11.3. The van der Waals surface area contributed by atoms with Crippen molar-refractivity contribution in [3.8, 4) is 11.8 Å². The molecular weight excluding hydrogens is 253 g/mol. The summed E-state index contributed by atoms with van der Waals surface area (Å²) in [7, 11) is 2.03. The molecule has 0 saturated heterocycles. The fourth-order valence-electron chi connectivity index (χ4n) is 2.21. The van der Waals surface area contributed by atoms with Crippen LogP contribution in [0.3, 0.4) is 0 Å². The van der Waals surface area contributed by atoms with Crippen molar-refractivity contribution < 1.29 is 9.50 Å². The second-order valence-electron chi connectivity index (χ2n) is 6.36. The van der Waals surface area contributed by atoms with Crippen molar-refractivity contribution in [2.45, 2.75) is 33.7 Å². The highest BCUT2D eigenvalue weighted by Gasteiger charge is 2.13. The Morgan fingerprint density at radius 3 is 2.55 bits per heavy atom. The number of benzene rings is 1. The lowest BCUT2D eigenvalue weighted by molar-refractivity contribution is 0.220. The Kier molecular flexibility index (Phi) is 6.19. The molecule has 0 heterocycles. The molecular formula is C17H24FNO. The van der Waals surface area contributed by atoms with Crippen LogP contribution in [0, 0.1) is 23.1 Å². The molecule has 0 aliphatic heterocycles. The zero-order valence-corrected chi connectivity index (χ0v) is 12.8. The molecule has 0 fully saturated rings. The third-order valence-corrected chi connectivity index (χ3v) is 2.62. The number of hydrogen-bond acceptors (Lipinski definition) is 2. The minimum atomic E-state index is -0.264. The molecule has 1 aromatic rings. The van der Waals surface area contributed by atoms with Gasteiger partial charge in [-0.3, -0.25) is 0 Å². The van der Waals surface area contributed by atoms with Crippen molar-refractivity contribution in [1.29, 1.82) is 0 Å². The molecule has 0 unspecified atom stereocenters. The Hall–Kier alpha value is -1.37. The van der Waals surface area contributed by atoms with Crippen LogP contribution in [0.2, 0.25) is 0 Å². The monoisotopic (exact) mass is 277 g/mol. The quantitative estimate of drug-likeness (QED) is 0.855. The fourth-order valence-corrected chi connectivity index (χ4v) is 2.21. The number of aliphatic hydroxyl groups excluding tert-OH is 1. The second-order valence-corrected chi connectivity index (χ2v) is 6.36. The van der Waals surface area contributed by atoms with Gasteiger partial charge in [-0.05, 0) is 36.2 Å². The Labute approximate surface area is 121 Å². The first kappa shape index (κ1) is 16.7. The highest BCUT2D eigenvalue weighted by atomic mass is 19.1. The predicted molar refractivity (Wildman–Crippen MR) is 80.8 cm³/mol. The van der Waals surface area contributed by atoms with Crippen molar-refractivity contribution in [2.24, 2.45) is 5.41 Å². The Balaban J connectivity index is 2.78. The first-order chi connectivity index (χ1) is 9.30. The number of aliphatic hydroxyl groups is 1. The summed E-state index contributed by atoms with van der Waals surface area (Å²) in [6.45, 7) is 8.21. The highest BCUT2D eigenvalue weighted by molar-refractivity contribution is 5.37. The van der Waals surface area contributed by atoms with Gasteiger partial charge in [0.15, 0.2) is 0 Å². The first-order valence-electron chi connectivity index (χ1n) is 6.88. The Morgan fingerprint density at radius 1 is 1.25 bits per heavy atom. The summed E-state index contributed by atoms with van der Waals surface area (Å²) in [5, 5.41) is 8.70. The summed E-state index contributed by atoms with van der Waals surface area (Å²) >= 11 is 0. The van der Waals surface area contributed by atoms with E-state index < -0.39 is 0 Å². The van der Waals surface area contributed by atoms with Crippen LogP contribution in [0.25, 0.3) is 0 Å². The van der Waals surface area contributed by atoms with Crippen LogP contribution in [0.15, 0.2) is 18.2 Å². The minimum absolute atomic E-state index is 0.0312. The van der Waals surface area contributed by atoms with E-state index in [0.29, 0.717) is 18.5 Å². The highest BCUT2D eigenvalue weighted by Crippen LogP contribution is 2.17. The van der Waals surface area contributed by atoms with Gasteiger partial charge in [-0.25, -0.2) is 4.39 Å². The summed E-state index contributed by atoms with van der Waals surface area (Å²) in [6.07, 6.45) is 0.412. The van der Waals surface area contributed by atoms with Crippen LogP contribution < -0.4 is 0 Å². The van der Waals surface area contributed by atoms with Crippen LogP contribution in [0.5, 0.6) is 0 Å². The molecule has 0 saturated carbocycles. The lowest BCUT2D eigenvalue weighted by atomic mass is 9.96. The van der Waals surface area contributed by atoms with E-state index in [0.717, 1.165) is 12.1 Å². The van der Waals surface area contributed by atoms with E-state index in [-0.39, 0.29) is 17.8 Å². The average Bonchev–Trinajstić information content (AvgIpc) is 2.25. The average molecular weight is 277 g/mol. The number of nitrogens with zero attached hydrogens (tertiary/aromatic N) is 1. The molecule has 2 nitrogen and oxygen atoms in total.